The maximum atomic E-state index is 12.5. The Balaban J connectivity index is 1.35. The molecule has 0 radical (unpaired) electrons. The predicted molar refractivity (Wildman–Crippen MR) is 101 cm³/mol. The highest BCUT2D eigenvalue weighted by atomic mass is 16.6. The van der Waals surface area contributed by atoms with Crippen LogP contribution in [0.2, 0.25) is 0 Å². The van der Waals surface area contributed by atoms with E-state index in [2.05, 4.69) is 5.32 Å². The van der Waals surface area contributed by atoms with Gasteiger partial charge in [-0.3, -0.25) is 19.3 Å². The molecule has 144 valence electrons. The van der Waals surface area contributed by atoms with Crippen LogP contribution in [0.4, 0.5) is 0 Å². The summed E-state index contributed by atoms with van der Waals surface area (Å²) in [6.07, 6.45) is 0.594. The molecule has 2 aromatic rings. The van der Waals surface area contributed by atoms with Crippen molar-refractivity contribution in [2.45, 2.75) is 19.4 Å². The third-order valence-electron chi connectivity index (χ3n) is 4.91. The van der Waals surface area contributed by atoms with Gasteiger partial charge in [0.25, 0.3) is 11.8 Å². The lowest BCUT2D eigenvalue weighted by Gasteiger charge is -2.22. The van der Waals surface area contributed by atoms with E-state index in [4.69, 9.17) is 9.47 Å². The average molecular weight is 380 g/mol. The number of amides is 3. The number of hydrogen-bond acceptors (Lipinski definition) is 5. The van der Waals surface area contributed by atoms with Crippen LogP contribution in [0.15, 0.2) is 42.5 Å². The Morgan fingerprint density at radius 2 is 1.68 bits per heavy atom. The lowest BCUT2D eigenvalue weighted by Crippen LogP contribution is -2.48. The van der Waals surface area contributed by atoms with Crippen molar-refractivity contribution in [3.05, 3.63) is 59.2 Å². The summed E-state index contributed by atoms with van der Waals surface area (Å²) in [5.74, 6) is 0.185. The number of carbonyl (C=O) groups is 3. The van der Waals surface area contributed by atoms with Gasteiger partial charge in [-0.15, -0.1) is 0 Å². The van der Waals surface area contributed by atoms with Crippen LogP contribution >= 0.6 is 0 Å². The second-order valence-electron chi connectivity index (χ2n) is 6.72. The zero-order chi connectivity index (χ0) is 19.7. The van der Waals surface area contributed by atoms with Crippen LogP contribution in [0.1, 0.15) is 33.2 Å². The lowest BCUT2D eigenvalue weighted by molar-refractivity contribution is -0.124. The number of nitrogens with zero attached hydrogens (tertiary/aromatic N) is 1. The first kappa shape index (κ1) is 18.0. The van der Waals surface area contributed by atoms with Crippen molar-refractivity contribution in [2.24, 2.45) is 0 Å². The van der Waals surface area contributed by atoms with Crippen LogP contribution in [-0.2, 0) is 11.2 Å². The number of hydrogen-bond donors (Lipinski definition) is 1. The maximum absolute atomic E-state index is 12.5. The molecule has 0 saturated carbocycles. The van der Waals surface area contributed by atoms with Gasteiger partial charge in [-0.1, -0.05) is 18.2 Å². The molecular formula is C21H20N2O5. The van der Waals surface area contributed by atoms with Gasteiger partial charge >= 0.3 is 0 Å². The molecule has 0 aliphatic carbocycles. The molecule has 0 bridgehead atoms. The number of rotatable bonds is 5. The van der Waals surface area contributed by atoms with E-state index in [1.807, 2.05) is 18.2 Å². The minimum Gasteiger partial charge on any atom is -0.486 e. The molecule has 0 aromatic heterocycles. The van der Waals surface area contributed by atoms with Crippen LogP contribution in [0, 0.1) is 0 Å². The van der Waals surface area contributed by atoms with Crippen molar-refractivity contribution >= 4 is 17.7 Å². The number of nitrogens with one attached hydrogen (secondary N) is 1. The Hall–Kier alpha value is -3.35. The maximum Gasteiger partial charge on any atom is 0.262 e. The second-order valence-corrected chi connectivity index (χ2v) is 6.72. The minimum absolute atomic E-state index is 0.337. The molecule has 1 N–H and O–H groups in total. The first-order chi connectivity index (χ1) is 13.6. The van der Waals surface area contributed by atoms with Crippen LogP contribution in [-0.4, -0.2) is 48.4 Å². The van der Waals surface area contributed by atoms with Gasteiger partial charge < -0.3 is 14.8 Å². The molecule has 0 saturated heterocycles. The van der Waals surface area contributed by atoms with Gasteiger partial charge in [0, 0.05) is 6.54 Å². The highest BCUT2D eigenvalue weighted by molar-refractivity contribution is 6.22. The molecule has 4 rings (SSSR count). The quantitative estimate of drug-likeness (QED) is 0.800. The third kappa shape index (κ3) is 3.19. The van der Waals surface area contributed by atoms with Crippen LogP contribution < -0.4 is 14.8 Å². The molecule has 1 unspecified atom stereocenters. The van der Waals surface area contributed by atoms with E-state index in [0.29, 0.717) is 43.1 Å². The topological polar surface area (TPSA) is 84.9 Å². The fourth-order valence-electron chi connectivity index (χ4n) is 3.40. The molecular weight excluding hydrogens is 360 g/mol. The number of benzene rings is 2. The van der Waals surface area contributed by atoms with Crippen molar-refractivity contribution in [1.82, 2.24) is 10.2 Å². The van der Waals surface area contributed by atoms with Gasteiger partial charge in [0.05, 0.1) is 11.1 Å². The number of imide groups is 1. The first-order valence-corrected chi connectivity index (χ1v) is 9.19. The molecule has 2 aliphatic heterocycles. The van der Waals surface area contributed by atoms with E-state index in [1.54, 1.807) is 31.2 Å². The number of fused-ring (bicyclic) bond motifs is 2. The molecule has 7 heteroatoms. The Morgan fingerprint density at radius 3 is 2.36 bits per heavy atom. The Morgan fingerprint density at radius 1 is 1.04 bits per heavy atom. The molecule has 28 heavy (non-hydrogen) atoms. The van der Waals surface area contributed by atoms with Gasteiger partial charge in [-0.25, -0.2) is 0 Å². The molecule has 7 nitrogen and oxygen atoms in total. The van der Waals surface area contributed by atoms with E-state index >= 15 is 0 Å². The largest absolute Gasteiger partial charge is 0.486 e. The third-order valence-corrected chi connectivity index (χ3v) is 4.91. The van der Waals surface area contributed by atoms with Gasteiger partial charge in [-0.2, -0.15) is 0 Å². The molecule has 2 aromatic carbocycles. The van der Waals surface area contributed by atoms with Crippen molar-refractivity contribution < 1.29 is 23.9 Å². The predicted octanol–water partition coefficient (Wildman–Crippen LogP) is 1.80. The highest BCUT2D eigenvalue weighted by Gasteiger charge is 2.40. The Bertz CT molecular complexity index is 921. The van der Waals surface area contributed by atoms with Gasteiger partial charge in [0.2, 0.25) is 5.91 Å². The van der Waals surface area contributed by atoms with Gasteiger partial charge in [0.1, 0.15) is 19.3 Å². The number of ether oxygens (including phenoxy) is 2. The number of carbonyl (C=O) groups excluding carboxylic acids is 3. The normalized spacial score (nSPS) is 16.0. The molecule has 0 spiro atoms. The van der Waals surface area contributed by atoms with Crippen molar-refractivity contribution in [2.75, 3.05) is 19.8 Å². The fraction of sp³-hybridized carbons (Fsp3) is 0.286. The summed E-state index contributed by atoms with van der Waals surface area (Å²) >= 11 is 0. The average Bonchev–Trinajstić information content (AvgIpc) is 2.98. The van der Waals surface area contributed by atoms with Crippen LogP contribution in [0.3, 0.4) is 0 Å². The van der Waals surface area contributed by atoms with Crippen molar-refractivity contribution in [1.29, 1.82) is 0 Å². The fourth-order valence-corrected chi connectivity index (χ4v) is 3.40. The van der Waals surface area contributed by atoms with E-state index in [1.165, 1.54) is 0 Å². The van der Waals surface area contributed by atoms with Gasteiger partial charge in [0.15, 0.2) is 11.5 Å². The standard InChI is InChI=1S/C21H20N2O5/c1-13(23-20(25)15-4-2-3-5-16(15)21(23)26)19(24)22-9-8-14-6-7-17-18(12-14)28-11-10-27-17/h2-7,12-13H,8-11H2,1H3,(H,22,24). The summed E-state index contributed by atoms with van der Waals surface area (Å²) < 4.78 is 11.0. The van der Waals surface area contributed by atoms with E-state index in [9.17, 15) is 14.4 Å². The molecule has 1 atom stereocenters. The zero-order valence-electron chi connectivity index (χ0n) is 15.4. The van der Waals surface area contributed by atoms with Crippen molar-refractivity contribution in [3.8, 4) is 11.5 Å². The Kier molecular flexibility index (Phi) is 4.73. The van der Waals surface area contributed by atoms with Crippen molar-refractivity contribution in [3.63, 3.8) is 0 Å². The van der Waals surface area contributed by atoms with Gasteiger partial charge in [-0.05, 0) is 43.2 Å². The Labute approximate surface area is 162 Å². The monoisotopic (exact) mass is 380 g/mol. The highest BCUT2D eigenvalue weighted by Crippen LogP contribution is 2.30. The molecule has 2 heterocycles. The summed E-state index contributed by atoms with van der Waals surface area (Å²) in [7, 11) is 0. The summed E-state index contributed by atoms with van der Waals surface area (Å²) in [6, 6.07) is 11.4. The molecule has 0 fully saturated rings. The lowest BCUT2D eigenvalue weighted by atomic mass is 10.1. The van der Waals surface area contributed by atoms with Crippen LogP contribution in [0.5, 0.6) is 11.5 Å². The molecule has 2 aliphatic rings. The first-order valence-electron chi connectivity index (χ1n) is 9.19. The second kappa shape index (κ2) is 7.34. The minimum atomic E-state index is -0.882. The summed E-state index contributed by atoms with van der Waals surface area (Å²) in [5, 5.41) is 2.80. The zero-order valence-corrected chi connectivity index (χ0v) is 15.4. The van der Waals surface area contributed by atoms with E-state index in [-0.39, 0.29) is 5.91 Å². The van der Waals surface area contributed by atoms with E-state index < -0.39 is 17.9 Å². The summed E-state index contributed by atoms with van der Waals surface area (Å²) in [5.41, 5.74) is 1.67. The molecule has 3 amide bonds. The van der Waals surface area contributed by atoms with E-state index in [0.717, 1.165) is 16.2 Å². The van der Waals surface area contributed by atoms with Crippen LogP contribution in [0.25, 0.3) is 0 Å². The SMILES string of the molecule is CC(C(=O)NCCc1ccc2c(c1)OCCO2)N1C(=O)c2ccccc2C1=O. The summed E-state index contributed by atoms with van der Waals surface area (Å²) in [4.78, 5) is 38.5. The smallest absolute Gasteiger partial charge is 0.262 e. The summed E-state index contributed by atoms with van der Waals surface area (Å²) in [6.45, 7) is 3.00.